The van der Waals surface area contributed by atoms with E-state index in [4.69, 9.17) is 16.3 Å². The van der Waals surface area contributed by atoms with Crippen LogP contribution in [-0.4, -0.2) is 34.9 Å². The van der Waals surface area contributed by atoms with E-state index in [9.17, 15) is 9.59 Å². The molecule has 8 heteroatoms. The van der Waals surface area contributed by atoms with Crippen molar-refractivity contribution in [3.63, 3.8) is 0 Å². The fraction of sp³-hybridized carbons (Fsp3) is 0.286. The number of halogens is 1. The van der Waals surface area contributed by atoms with Crippen molar-refractivity contribution in [2.24, 2.45) is 5.92 Å². The zero-order valence-corrected chi connectivity index (χ0v) is 17.2. The van der Waals surface area contributed by atoms with E-state index in [-0.39, 0.29) is 24.2 Å². The molecule has 0 aliphatic rings. The molecular weight excluding hydrogens is 392 g/mol. The van der Waals surface area contributed by atoms with Crippen molar-refractivity contribution in [2.75, 3.05) is 12.4 Å². The number of carbonyl (C=O) groups is 2. The molecule has 0 spiro atoms. The zero-order chi connectivity index (χ0) is 21.0. The molecule has 2 amide bonds. The van der Waals surface area contributed by atoms with Crippen molar-refractivity contribution in [3.05, 3.63) is 53.1 Å². The molecule has 7 nitrogen and oxygen atoms in total. The number of nitrogens with one attached hydrogen (secondary N) is 3. The molecule has 0 saturated heterocycles. The van der Waals surface area contributed by atoms with Crippen molar-refractivity contribution in [3.8, 4) is 5.75 Å². The van der Waals surface area contributed by atoms with E-state index < -0.39 is 6.04 Å². The summed E-state index contributed by atoms with van der Waals surface area (Å²) in [7, 11) is 1.53. The van der Waals surface area contributed by atoms with E-state index in [0.717, 1.165) is 16.6 Å². The minimum Gasteiger partial charge on any atom is -0.495 e. The summed E-state index contributed by atoms with van der Waals surface area (Å²) >= 11 is 6.11. The molecular formula is C21H23ClN4O3. The Morgan fingerprint density at radius 3 is 2.62 bits per heavy atom. The molecule has 0 aliphatic heterocycles. The van der Waals surface area contributed by atoms with Crippen molar-refractivity contribution < 1.29 is 14.3 Å². The summed E-state index contributed by atoms with van der Waals surface area (Å²) in [5, 5.41) is 5.98. The van der Waals surface area contributed by atoms with Crippen LogP contribution in [0.2, 0.25) is 5.02 Å². The van der Waals surface area contributed by atoms with Gasteiger partial charge in [-0.1, -0.05) is 43.6 Å². The number of nitrogens with zero attached hydrogens (tertiary/aromatic N) is 1. The lowest BCUT2D eigenvalue weighted by molar-refractivity contribution is -0.127. The summed E-state index contributed by atoms with van der Waals surface area (Å²) in [6.07, 6.45) is 0.102. The van der Waals surface area contributed by atoms with E-state index in [2.05, 4.69) is 20.6 Å². The van der Waals surface area contributed by atoms with Gasteiger partial charge in [-0.15, -0.1) is 0 Å². The molecule has 0 unspecified atom stereocenters. The fourth-order valence-corrected chi connectivity index (χ4v) is 3.25. The number of aromatic amines is 1. The average Bonchev–Trinajstić information content (AvgIpc) is 3.08. The second-order valence-electron chi connectivity index (χ2n) is 7.03. The number of benzene rings is 2. The van der Waals surface area contributed by atoms with Crippen LogP contribution in [0.5, 0.6) is 5.75 Å². The Morgan fingerprint density at radius 1 is 1.21 bits per heavy atom. The molecule has 0 aliphatic carbocycles. The second kappa shape index (κ2) is 8.96. The second-order valence-corrected chi connectivity index (χ2v) is 7.43. The molecule has 0 bridgehead atoms. The molecule has 1 heterocycles. The summed E-state index contributed by atoms with van der Waals surface area (Å²) < 4.78 is 5.12. The van der Waals surface area contributed by atoms with Gasteiger partial charge in [0.2, 0.25) is 17.8 Å². The van der Waals surface area contributed by atoms with Gasteiger partial charge in [-0.3, -0.25) is 14.9 Å². The van der Waals surface area contributed by atoms with Gasteiger partial charge in [-0.05, 0) is 35.7 Å². The summed E-state index contributed by atoms with van der Waals surface area (Å²) in [6, 6.07) is 11.9. The van der Waals surface area contributed by atoms with Crippen LogP contribution >= 0.6 is 11.6 Å². The highest BCUT2D eigenvalue weighted by Crippen LogP contribution is 2.25. The lowest BCUT2D eigenvalue weighted by Gasteiger charge is -2.21. The third-order valence-corrected chi connectivity index (χ3v) is 4.77. The number of carbonyl (C=O) groups excluding carboxylic acids is 2. The molecule has 0 saturated carbocycles. The smallest absolute Gasteiger partial charge is 0.249 e. The standard InChI is InChI=1S/C21H23ClN4O3/c1-12(2)19(20(28)26-21-23-15-6-4-5-7-16(15)24-21)25-18(27)11-13-8-9-17(29-3)14(22)10-13/h4-10,12,19H,11H2,1-3H3,(H,25,27)(H2,23,24,26,28)/t19-/m1/s1. The predicted octanol–water partition coefficient (Wildman–Crippen LogP) is 3.55. The average molecular weight is 415 g/mol. The Kier molecular flexibility index (Phi) is 6.39. The Labute approximate surface area is 173 Å². The van der Waals surface area contributed by atoms with Gasteiger partial charge in [0.15, 0.2) is 0 Å². The van der Waals surface area contributed by atoms with Gasteiger partial charge < -0.3 is 15.0 Å². The van der Waals surface area contributed by atoms with E-state index in [0.29, 0.717) is 16.7 Å². The van der Waals surface area contributed by atoms with Gasteiger partial charge >= 0.3 is 0 Å². The normalized spacial score (nSPS) is 12.0. The van der Waals surface area contributed by atoms with Crippen molar-refractivity contribution in [1.82, 2.24) is 15.3 Å². The van der Waals surface area contributed by atoms with Crippen LogP contribution in [0, 0.1) is 5.92 Å². The topological polar surface area (TPSA) is 96.1 Å². The minimum absolute atomic E-state index is 0.102. The monoisotopic (exact) mass is 414 g/mol. The van der Waals surface area contributed by atoms with Gasteiger partial charge in [-0.25, -0.2) is 4.98 Å². The first-order valence-corrected chi connectivity index (χ1v) is 9.62. The number of amides is 2. The summed E-state index contributed by atoms with van der Waals surface area (Å²) in [6.45, 7) is 3.74. The van der Waals surface area contributed by atoms with E-state index >= 15 is 0 Å². The summed E-state index contributed by atoms with van der Waals surface area (Å²) in [5.74, 6) is 0.173. The largest absolute Gasteiger partial charge is 0.495 e. The van der Waals surface area contributed by atoms with Crippen LogP contribution in [-0.2, 0) is 16.0 Å². The number of fused-ring (bicyclic) bond motifs is 1. The van der Waals surface area contributed by atoms with Gasteiger partial charge in [0.05, 0.1) is 29.6 Å². The van der Waals surface area contributed by atoms with Crippen LogP contribution < -0.4 is 15.4 Å². The highest BCUT2D eigenvalue weighted by Gasteiger charge is 2.25. The first kappa shape index (κ1) is 20.7. The van der Waals surface area contributed by atoms with Crippen LogP contribution in [0.25, 0.3) is 11.0 Å². The number of imidazole rings is 1. The van der Waals surface area contributed by atoms with Crippen molar-refractivity contribution in [2.45, 2.75) is 26.3 Å². The summed E-state index contributed by atoms with van der Waals surface area (Å²) in [5.41, 5.74) is 2.31. The molecule has 0 radical (unpaired) electrons. The van der Waals surface area contributed by atoms with Gasteiger partial charge in [0.25, 0.3) is 0 Å². The summed E-state index contributed by atoms with van der Waals surface area (Å²) in [4.78, 5) is 32.6. The molecule has 152 valence electrons. The SMILES string of the molecule is COc1ccc(CC(=O)N[C@@H](C(=O)Nc2nc3ccccc3[nH]2)C(C)C)cc1Cl. The van der Waals surface area contributed by atoms with Crippen LogP contribution in [0.1, 0.15) is 19.4 Å². The van der Waals surface area contributed by atoms with E-state index in [1.165, 1.54) is 7.11 Å². The maximum atomic E-state index is 12.7. The molecule has 1 aromatic heterocycles. The molecule has 29 heavy (non-hydrogen) atoms. The quantitative estimate of drug-likeness (QED) is 0.550. The number of para-hydroxylation sites is 2. The highest BCUT2D eigenvalue weighted by atomic mass is 35.5. The lowest BCUT2D eigenvalue weighted by atomic mass is 10.0. The Morgan fingerprint density at radius 2 is 1.97 bits per heavy atom. The lowest BCUT2D eigenvalue weighted by Crippen LogP contribution is -2.47. The van der Waals surface area contributed by atoms with E-state index in [1.54, 1.807) is 18.2 Å². The molecule has 0 fully saturated rings. The molecule has 3 rings (SSSR count). The van der Waals surface area contributed by atoms with Crippen molar-refractivity contribution in [1.29, 1.82) is 0 Å². The number of hydrogen-bond acceptors (Lipinski definition) is 4. The van der Waals surface area contributed by atoms with Crippen LogP contribution in [0.4, 0.5) is 5.95 Å². The number of ether oxygens (including phenoxy) is 1. The van der Waals surface area contributed by atoms with E-state index in [1.807, 2.05) is 38.1 Å². The number of hydrogen-bond donors (Lipinski definition) is 3. The Balaban J connectivity index is 1.66. The number of H-pyrrole nitrogens is 1. The third-order valence-electron chi connectivity index (χ3n) is 4.48. The Hall–Kier alpha value is -3.06. The highest BCUT2D eigenvalue weighted by molar-refractivity contribution is 6.32. The predicted molar refractivity (Wildman–Crippen MR) is 113 cm³/mol. The first-order chi connectivity index (χ1) is 13.9. The fourth-order valence-electron chi connectivity index (χ4n) is 2.97. The molecule has 2 aromatic carbocycles. The number of aromatic nitrogens is 2. The van der Waals surface area contributed by atoms with Gasteiger partial charge in [0, 0.05) is 0 Å². The van der Waals surface area contributed by atoms with Gasteiger partial charge in [0.1, 0.15) is 11.8 Å². The molecule has 3 N–H and O–H groups in total. The molecule has 3 aromatic rings. The van der Waals surface area contributed by atoms with Crippen LogP contribution in [0.3, 0.4) is 0 Å². The zero-order valence-electron chi connectivity index (χ0n) is 16.5. The first-order valence-electron chi connectivity index (χ1n) is 9.24. The maximum Gasteiger partial charge on any atom is 0.249 e. The van der Waals surface area contributed by atoms with Gasteiger partial charge in [-0.2, -0.15) is 0 Å². The number of anilines is 1. The maximum absolute atomic E-state index is 12.7. The number of rotatable bonds is 7. The minimum atomic E-state index is -0.704. The van der Waals surface area contributed by atoms with Crippen molar-refractivity contribution >= 4 is 40.4 Å². The Bertz CT molecular complexity index is 999. The molecule has 1 atom stereocenters. The van der Waals surface area contributed by atoms with Crippen LogP contribution in [0.15, 0.2) is 42.5 Å². The third kappa shape index (κ3) is 5.06. The number of methoxy groups -OCH3 is 1.